The molecule has 0 fully saturated rings. The van der Waals surface area contributed by atoms with E-state index in [1.807, 2.05) is 6.92 Å². The molecule has 0 aliphatic rings. The second kappa shape index (κ2) is 6.58. The molecule has 7 heteroatoms. The molecule has 0 saturated heterocycles. The van der Waals surface area contributed by atoms with E-state index in [1.54, 1.807) is 0 Å². The first-order chi connectivity index (χ1) is 8.47. The van der Waals surface area contributed by atoms with Crippen LogP contribution in [0.25, 0.3) is 0 Å². The number of hydrogen-bond acceptors (Lipinski definition) is 5. The van der Waals surface area contributed by atoms with Crippen molar-refractivity contribution < 1.29 is 18.3 Å². The number of aromatic hydroxyl groups is 1. The predicted octanol–water partition coefficient (Wildman–Crippen LogP) is 0.679. The highest BCUT2D eigenvalue weighted by Gasteiger charge is 2.14. The van der Waals surface area contributed by atoms with Gasteiger partial charge in [-0.25, -0.2) is 13.1 Å². The lowest BCUT2D eigenvalue weighted by Crippen LogP contribution is -2.25. The van der Waals surface area contributed by atoms with Crippen LogP contribution in [-0.2, 0) is 14.8 Å². The summed E-state index contributed by atoms with van der Waals surface area (Å²) in [6.07, 6.45) is 0.598. The number of nitrogens with two attached hydrogens (primary N) is 1. The molecule has 1 aromatic carbocycles. The van der Waals surface area contributed by atoms with Crippen LogP contribution in [0.15, 0.2) is 23.1 Å². The fourth-order valence-corrected chi connectivity index (χ4v) is 2.42. The lowest BCUT2D eigenvalue weighted by molar-refractivity contribution is 0.146. The first-order valence-corrected chi connectivity index (χ1v) is 7.11. The third kappa shape index (κ3) is 4.17. The van der Waals surface area contributed by atoms with Crippen LogP contribution in [0.5, 0.6) is 5.75 Å². The fourth-order valence-electron chi connectivity index (χ4n) is 1.31. The first kappa shape index (κ1) is 14.7. The molecule has 0 radical (unpaired) electrons. The van der Waals surface area contributed by atoms with Gasteiger partial charge >= 0.3 is 0 Å². The fraction of sp³-hybridized carbons (Fsp3) is 0.455. The molecular weight excluding hydrogens is 256 g/mol. The zero-order valence-corrected chi connectivity index (χ0v) is 11.0. The number of sulfonamides is 1. The maximum absolute atomic E-state index is 11.8. The second-order valence-corrected chi connectivity index (χ2v) is 5.44. The van der Waals surface area contributed by atoms with Gasteiger partial charge in [0.25, 0.3) is 0 Å². The average Bonchev–Trinajstić information content (AvgIpc) is 2.32. The van der Waals surface area contributed by atoms with Crippen LogP contribution in [-0.4, -0.2) is 33.3 Å². The highest BCUT2D eigenvalue weighted by atomic mass is 32.2. The van der Waals surface area contributed by atoms with Crippen molar-refractivity contribution in [1.82, 2.24) is 4.72 Å². The van der Waals surface area contributed by atoms with E-state index in [2.05, 4.69) is 4.72 Å². The normalized spacial score (nSPS) is 11.6. The van der Waals surface area contributed by atoms with Crippen molar-refractivity contribution in [2.45, 2.75) is 18.2 Å². The molecule has 102 valence electrons. The number of phenols is 1. The highest BCUT2D eigenvalue weighted by Crippen LogP contribution is 2.22. The summed E-state index contributed by atoms with van der Waals surface area (Å²) in [6.45, 7) is 3.30. The van der Waals surface area contributed by atoms with Crippen molar-refractivity contribution in [3.8, 4) is 5.75 Å². The number of hydrogen-bond donors (Lipinski definition) is 3. The van der Waals surface area contributed by atoms with Gasteiger partial charge in [0, 0.05) is 19.8 Å². The molecule has 6 nitrogen and oxygen atoms in total. The largest absolute Gasteiger partial charge is 0.506 e. The number of benzene rings is 1. The molecule has 1 rings (SSSR count). The molecule has 0 saturated carbocycles. The first-order valence-electron chi connectivity index (χ1n) is 5.63. The van der Waals surface area contributed by atoms with Crippen molar-refractivity contribution in [2.75, 3.05) is 25.5 Å². The Morgan fingerprint density at radius 1 is 1.44 bits per heavy atom. The lowest BCUT2D eigenvalue weighted by Gasteiger charge is -2.08. The predicted molar refractivity (Wildman–Crippen MR) is 68.8 cm³/mol. The van der Waals surface area contributed by atoms with Crippen LogP contribution in [0.1, 0.15) is 13.3 Å². The van der Waals surface area contributed by atoms with Gasteiger partial charge in [-0.3, -0.25) is 0 Å². The molecule has 0 bridgehead atoms. The van der Waals surface area contributed by atoms with Gasteiger partial charge in [0.2, 0.25) is 10.0 Å². The minimum Gasteiger partial charge on any atom is -0.506 e. The number of phenolic OH excluding ortho intramolecular Hbond substituents is 1. The molecule has 18 heavy (non-hydrogen) atoms. The Morgan fingerprint density at radius 2 is 2.17 bits per heavy atom. The molecule has 1 aromatic rings. The Kier molecular flexibility index (Phi) is 5.39. The van der Waals surface area contributed by atoms with Gasteiger partial charge in [-0.15, -0.1) is 0 Å². The highest BCUT2D eigenvalue weighted by molar-refractivity contribution is 7.89. The van der Waals surface area contributed by atoms with Crippen LogP contribution in [0.3, 0.4) is 0 Å². The Hall–Kier alpha value is -1.31. The number of ether oxygens (including phenoxy) is 1. The quantitative estimate of drug-likeness (QED) is 0.385. The smallest absolute Gasteiger partial charge is 0.240 e. The summed E-state index contributed by atoms with van der Waals surface area (Å²) in [7, 11) is -3.58. The van der Waals surface area contributed by atoms with E-state index in [0.717, 1.165) is 0 Å². The Balaban J connectivity index is 2.60. The second-order valence-electron chi connectivity index (χ2n) is 3.67. The maximum Gasteiger partial charge on any atom is 0.240 e. The zero-order valence-electron chi connectivity index (χ0n) is 10.2. The van der Waals surface area contributed by atoms with Gasteiger partial charge in [-0.1, -0.05) is 0 Å². The summed E-state index contributed by atoms with van der Waals surface area (Å²) in [6, 6.07) is 3.78. The van der Waals surface area contributed by atoms with Crippen LogP contribution in [0.2, 0.25) is 0 Å². The van der Waals surface area contributed by atoms with Crippen molar-refractivity contribution in [2.24, 2.45) is 0 Å². The van der Waals surface area contributed by atoms with Gasteiger partial charge in [0.05, 0.1) is 10.6 Å². The van der Waals surface area contributed by atoms with Crippen LogP contribution in [0.4, 0.5) is 5.69 Å². The van der Waals surface area contributed by atoms with Crippen LogP contribution >= 0.6 is 0 Å². The van der Waals surface area contributed by atoms with Crippen molar-refractivity contribution in [3.63, 3.8) is 0 Å². The van der Waals surface area contributed by atoms with Gasteiger partial charge in [-0.2, -0.15) is 0 Å². The summed E-state index contributed by atoms with van der Waals surface area (Å²) in [5.74, 6) is -0.134. The molecule has 0 atom stereocenters. The summed E-state index contributed by atoms with van der Waals surface area (Å²) in [5, 5.41) is 9.23. The third-order valence-electron chi connectivity index (χ3n) is 2.27. The monoisotopic (exact) mass is 274 g/mol. The van der Waals surface area contributed by atoms with Gasteiger partial charge < -0.3 is 15.6 Å². The molecule has 0 aliphatic heterocycles. The van der Waals surface area contributed by atoms with E-state index >= 15 is 0 Å². The minimum absolute atomic E-state index is 0.0344. The SMILES string of the molecule is CCOCCCNS(=O)(=O)c1ccc(O)c(N)c1. The Morgan fingerprint density at radius 3 is 2.78 bits per heavy atom. The van der Waals surface area contributed by atoms with Crippen molar-refractivity contribution in [3.05, 3.63) is 18.2 Å². The van der Waals surface area contributed by atoms with E-state index in [9.17, 15) is 13.5 Å². The maximum atomic E-state index is 11.8. The number of rotatable bonds is 7. The lowest BCUT2D eigenvalue weighted by atomic mass is 10.3. The summed E-state index contributed by atoms with van der Waals surface area (Å²) >= 11 is 0. The molecule has 0 aliphatic carbocycles. The van der Waals surface area contributed by atoms with Crippen LogP contribution < -0.4 is 10.5 Å². The van der Waals surface area contributed by atoms with E-state index in [-0.39, 0.29) is 16.3 Å². The van der Waals surface area contributed by atoms with Gasteiger partial charge in [0.15, 0.2) is 0 Å². The Labute approximate surface area is 107 Å². The van der Waals surface area contributed by atoms with Gasteiger partial charge in [-0.05, 0) is 31.5 Å². The number of nitrogens with one attached hydrogen (secondary N) is 1. The van der Waals surface area contributed by atoms with E-state index in [1.165, 1.54) is 18.2 Å². The molecule has 0 spiro atoms. The minimum atomic E-state index is -3.58. The molecule has 0 aromatic heterocycles. The summed E-state index contributed by atoms with van der Waals surface area (Å²) in [4.78, 5) is 0.0363. The van der Waals surface area contributed by atoms with E-state index in [0.29, 0.717) is 26.2 Å². The molecule has 0 amide bonds. The van der Waals surface area contributed by atoms with Crippen molar-refractivity contribution in [1.29, 1.82) is 0 Å². The van der Waals surface area contributed by atoms with Crippen molar-refractivity contribution >= 4 is 15.7 Å². The summed E-state index contributed by atoms with van der Waals surface area (Å²) < 4.78 is 31.2. The Bertz CT molecular complexity index is 488. The van der Waals surface area contributed by atoms with E-state index in [4.69, 9.17) is 10.5 Å². The molecular formula is C11H18N2O4S. The molecule has 4 N–H and O–H groups in total. The zero-order chi connectivity index (χ0) is 13.6. The summed E-state index contributed by atoms with van der Waals surface area (Å²) in [5.41, 5.74) is 5.48. The third-order valence-corrected chi connectivity index (χ3v) is 3.73. The standard InChI is InChI=1S/C11H18N2O4S/c1-2-17-7-3-6-13-18(15,16)9-4-5-11(14)10(12)8-9/h4-5,8,13-14H,2-3,6-7,12H2,1H3. The molecule has 0 unspecified atom stereocenters. The topological polar surface area (TPSA) is 102 Å². The number of anilines is 1. The van der Waals surface area contributed by atoms with E-state index < -0.39 is 10.0 Å². The molecule has 0 heterocycles. The van der Waals surface area contributed by atoms with Crippen LogP contribution in [0, 0.1) is 0 Å². The number of nitrogen functional groups attached to an aromatic ring is 1. The average molecular weight is 274 g/mol. The van der Waals surface area contributed by atoms with Gasteiger partial charge in [0.1, 0.15) is 5.75 Å².